The van der Waals surface area contributed by atoms with Crippen molar-refractivity contribution in [1.29, 1.82) is 0 Å². The van der Waals surface area contributed by atoms with E-state index in [4.69, 9.17) is 28.3 Å². The number of benzene rings is 4. The van der Waals surface area contributed by atoms with Crippen LogP contribution in [0.3, 0.4) is 0 Å². The summed E-state index contributed by atoms with van der Waals surface area (Å²) in [6.07, 6.45) is 3.42. The van der Waals surface area contributed by atoms with Gasteiger partial charge in [0.15, 0.2) is 0 Å². The number of halogens is 2. The van der Waals surface area contributed by atoms with Crippen molar-refractivity contribution in [3.05, 3.63) is 142 Å². The van der Waals surface area contributed by atoms with E-state index in [2.05, 4.69) is 10.6 Å². The lowest BCUT2D eigenvalue weighted by Crippen LogP contribution is -2.31. The first kappa shape index (κ1) is 26.0. The first-order chi connectivity index (χ1) is 19.0. The van der Waals surface area contributed by atoms with Gasteiger partial charge in [0.1, 0.15) is 11.4 Å². The molecule has 8 heteroatoms. The van der Waals surface area contributed by atoms with Crippen LogP contribution in [0.25, 0.3) is 23.0 Å². The average Bonchev–Trinajstić information content (AvgIpc) is 3.38. The zero-order valence-electron chi connectivity index (χ0n) is 20.5. The summed E-state index contributed by atoms with van der Waals surface area (Å²) in [4.78, 5) is 26.7. The van der Waals surface area contributed by atoms with Gasteiger partial charge in [-0.3, -0.25) is 9.59 Å². The Balaban J connectivity index is 1.59. The maximum Gasteiger partial charge on any atom is 0.272 e. The van der Waals surface area contributed by atoms with Crippen molar-refractivity contribution in [3.63, 3.8) is 0 Å². The van der Waals surface area contributed by atoms with Crippen LogP contribution in [-0.4, -0.2) is 21.6 Å². The minimum atomic E-state index is -0.553. The number of nitrogens with zero attached hydrogens (tertiary/aromatic N) is 2. The number of rotatable bonds is 7. The standard InChI is InChI=1S/C31H22Cl2N4O2/c32-23-16-17-26(27(33)19-23)30(38)35-28(31(39)34-24-12-6-2-7-13-24)18-22-20-37(25-14-8-3-9-15-25)36-29(22)21-10-4-1-5-11-21/h1-20H,(H,34,39)(H,35,38)/b28-18-. The highest BCUT2D eigenvalue weighted by atomic mass is 35.5. The van der Waals surface area contributed by atoms with Gasteiger partial charge in [-0.05, 0) is 48.5 Å². The number of aromatic nitrogens is 2. The van der Waals surface area contributed by atoms with E-state index < -0.39 is 11.8 Å². The molecule has 0 saturated carbocycles. The summed E-state index contributed by atoms with van der Waals surface area (Å²) in [5, 5.41) is 10.9. The molecule has 4 aromatic carbocycles. The summed E-state index contributed by atoms with van der Waals surface area (Å²) in [5.41, 5.74) is 3.75. The number of carbonyl (C=O) groups excluding carboxylic acids is 2. The zero-order valence-corrected chi connectivity index (χ0v) is 22.0. The van der Waals surface area contributed by atoms with Crippen LogP contribution in [0.4, 0.5) is 5.69 Å². The van der Waals surface area contributed by atoms with Gasteiger partial charge >= 0.3 is 0 Å². The number of carbonyl (C=O) groups is 2. The van der Waals surface area contributed by atoms with E-state index in [9.17, 15) is 9.59 Å². The van der Waals surface area contributed by atoms with E-state index in [-0.39, 0.29) is 16.3 Å². The molecule has 5 rings (SSSR count). The Kier molecular flexibility index (Phi) is 7.87. The van der Waals surface area contributed by atoms with Crippen molar-refractivity contribution in [1.82, 2.24) is 15.1 Å². The van der Waals surface area contributed by atoms with E-state index >= 15 is 0 Å². The molecule has 0 saturated heterocycles. The van der Waals surface area contributed by atoms with Crippen LogP contribution in [0.1, 0.15) is 15.9 Å². The fourth-order valence-corrected chi connectivity index (χ4v) is 4.42. The molecule has 0 atom stereocenters. The molecular weight excluding hydrogens is 531 g/mol. The SMILES string of the molecule is O=C(Nc1ccccc1)/C(=C/c1cn(-c2ccccc2)nc1-c1ccccc1)NC(=O)c1ccc(Cl)cc1Cl. The monoisotopic (exact) mass is 552 g/mol. The predicted octanol–water partition coefficient (Wildman–Crippen LogP) is 7.26. The van der Waals surface area contributed by atoms with Crippen molar-refractivity contribution in [2.45, 2.75) is 0 Å². The van der Waals surface area contributed by atoms with Crippen molar-refractivity contribution < 1.29 is 9.59 Å². The van der Waals surface area contributed by atoms with Gasteiger partial charge in [-0.2, -0.15) is 5.10 Å². The quantitative estimate of drug-likeness (QED) is 0.209. The van der Waals surface area contributed by atoms with Gasteiger partial charge in [0, 0.05) is 28.0 Å². The molecule has 1 heterocycles. The molecule has 0 radical (unpaired) electrons. The van der Waals surface area contributed by atoms with Crippen molar-refractivity contribution in [2.24, 2.45) is 0 Å². The van der Waals surface area contributed by atoms with Crippen LogP contribution in [0.2, 0.25) is 10.0 Å². The van der Waals surface area contributed by atoms with Gasteiger partial charge in [-0.25, -0.2) is 4.68 Å². The summed E-state index contributed by atoms with van der Waals surface area (Å²) in [7, 11) is 0. The summed E-state index contributed by atoms with van der Waals surface area (Å²) >= 11 is 12.3. The third-order valence-corrected chi connectivity index (χ3v) is 6.36. The van der Waals surface area contributed by atoms with Crippen LogP contribution in [0.15, 0.2) is 121 Å². The van der Waals surface area contributed by atoms with E-state index in [1.165, 1.54) is 12.1 Å². The first-order valence-corrected chi connectivity index (χ1v) is 12.8. The number of amides is 2. The van der Waals surface area contributed by atoms with Crippen LogP contribution in [0, 0.1) is 0 Å². The number of hydrogen-bond acceptors (Lipinski definition) is 3. The molecular formula is C31H22Cl2N4O2. The molecule has 39 heavy (non-hydrogen) atoms. The Morgan fingerprint density at radius 1 is 0.795 bits per heavy atom. The highest BCUT2D eigenvalue weighted by Gasteiger charge is 2.19. The van der Waals surface area contributed by atoms with Crippen molar-refractivity contribution in [3.8, 4) is 16.9 Å². The van der Waals surface area contributed by atoms with Crippen LogP contribution < -0.4 is 10.6 Å². The fourth-order valence-electron chi connectivity index (χ4n) is 3.92. The van der Waals surface area contributed by atoms with Crippen LogP contribution in [-0.2, 0) is 4.79 Å². The molecule has 0 fully saturated rings. The molecule has 0 bridgehead atoms. The topological polar surface area (TPSA) is 76.0 Å². The van der Waals surface area contributed by atoms with E-state index in [1.807, 2.05) is 85.1 Å². The Labute approximate surface area is 235 Å². The third kappa shape index (κ3) is 6.26. The Morgan fingerprint density at radius 2 is 1.44 bits per heavy atom. The molecule has 0 aliphatic carbocycles. The fraction of sp³-hybridized carbons (Fsp3) is 0. The van der Waals surface area contributed by atoms with Gasteiger partial charge in [0.2, 0.25) is 0 Å². The minimum Gasteiger partial charge on any atom is -0.321 e. The van der Waals surface area contributed by atoms with Gasteiger partial charge in [0.05, 0.1) is 16.3 Å². The average molecular weight is 553 g/mol. The Bertz CT molecular complexity index is 1650. The summed E-state index contributed by atoms with van der Waals surface area (Å²) in [6.45, 7) is 0. The highest BCUT2D eigenvalue weighted by Crippen LogP contribution is 2.26. The number of anilines is 1. The molecule has 0 aliphatic heterocycles. The van der Waals surface area contributed by atoms with Gasteiger partial charge in [-0.15, -0.1) is 0 Å². The number of nitrogens with one attached hydrogen (secondary N) is 2. The molecule has 0 spiro atoms. The predicted molar refractivity (Wildman–Crippen MR) is 156 cm³/mol. The van der Waals surface area contributed by atoms with Gasteiger partial charge in [-0.1, -0.05) is 89.9 Å². The lowest BCUT2D eigenvalue weighted by atomic mass is 10.1. The normalized spacial score (nSPS) is 11.2. The second-order valence-electron chi connectivity index (χ2n) is 8.54. The molecule has 5 aromatic rings. The number of hydrogen-bond donors (Lipinski definition) is 2. The minimum absolute atomic E-state index is 0.0136. The van der Waals surface area contributed by atoms with E-state index in [0.717, 1.165) is 11.3 Å². The van der Waals surface area contributed by atoms with E-state index in [1.54, 1.807) is 29.0 Å². The summed E-state index contributed by atoms with van der Waals surface area (Å²) in [6, 6.07) is 32.8. The molecule has 2 N–H and O–H groups in total. The highest BCUT2D eigenvalue weighted by molar-refractivity contribution is 6.36. The first-order valence-electron chi connectivity index (χ1n) is 12.0. The Morgan fingerprint density at radius 3 is 2.10 bits per heavy atom. The second-order valence-corrected chi connectivity index (χ2v) is 9.38. The smallest absolute Gasteiger partial charge is 0.272 e. The molecule has 192 valence electrons. The van der Waals surface area contributed by atoms with Gasteiger partial charge in [0.25, 0.3) is 11.8 Å². The van der Waals surface area contributed by atoms with E-state index in [0.29, 0.717) is 22.0 Å². The molecule has 0 aliphatic rings. The van der Waals surface area contributed by atoms with Crippen molar-refractivity contribution >= 4 is 46.8 Å². The number of para-hydroxylation sites is 2. The molecule has 2 amide bonds. The summed E-state index contributed by atoms with van der Waals surface area (Å²) in [5.74, 6) is -1.06. The Hall–Kier alpha value is -4.65. The lowest BCUT2D eigenvalue weighted by Gasteiger charge is -2.12. The maximum atomic E-state index is 13.5. The van der Waals surface area contributed by atoms with Gasteiger partial charge < -0.3 is 10.6 Å². The second kappa shape index (κ2) is 11.8. The van der Waals surface area contributed by atoms with Crippen LogP contribution >= 0.6 is 23.2 Å². The van der Waals surface area contributed by atoms with Crippen LogP contribution in [0.5, 0.6) is 0 Å². The molecule has 0 unspecified atom stereocenters. The maximum absolute atomic E-state index is 13.5. The third-order valence-electron chi connectivity index (χ3n) is 5.81. The lowest BCUT2D eigenvalue weighted by molar-refractivity contribution is -0.113. The zero-order chi connectivity index (χ0) is 27.2. The summed E-state index contributed by atoms with van der Waals surface area (Å²) < 4.78 is 1.73. The molecule has 1 aromatic heterocycles. The largest absolute Gasteiger partial charge is 0.321 e. The molecule has 6 nitrogen and oxygen atoms in total. The van der Waals surface area contributed by atoms with Crippen molar-refractivity contribution in [2.75, 3.05) is 5.32 Å².